The second-order valence-corrected chi connectivity index (χ2v) is 9.40. The van der Waals surface area contributed by atoms with E-state index in [2.05, 4.69) is 15.0 Å². The lowest BCUT2D eigenvalue weighted by Crippen LogP contribution is -2.26. The smallest absolute Gasteiger partial charge is 0.243 e. The second kappa shape index (κ2) is 9.92. The Bertz CT molecular complexity index is 1130. The Morgan fingerprint density at radius 1 is 1.07 bits per heavy atom. The van der Waals surface area contributed by atoms with Crippen molar-refractivity contribution in [2.24, 2.45) is 0 Å². The van der Waals surface area contributed by atoms with E-state index in [0.29, 0.717) is 35.0 Å². The number of carbonyl (C=O) groups is 1. The molecule has 9 heteroatoms. The van der Waals surface area contributed by atoms with Gasteiger partial charge in [0.15, 0.2) is 5.13 Å². The van der Waals surface area contributed by atoms with Gasteiger partial charge in [-0.05, 0) is 37.5 Å². The molecule has 0 aliphatic rings. The van der Waals surface area contributed by atoms with Crippen molar-refractivity contribution in [3.05, 3.63) is 76.5 Å². The first kappa shape index (κ1) is 22.1. The fourth-order valence-corrected chi connectivity index (χ4v) is 4.76. The Balaban J connectivity index is 1.43. The first-order valence-corrected chi connectivity index (χ1v) is 11.7. The number of rotatable bonds is 10. The van der Waals surface area contributed by atoms with Crippen LogP contribution < -0.4 is 10.0 Å². The molecule has 0 spiro atoms. The minimum absolute atomic E-state index is 0.0544. The molecule has 0 amide bonds. The summed E-state index contributed by atoms with van der Waals surface area (Å²) >= 11 is 1.29. The zero-order valence-corrected chi connectivity index (χ0v) is 18.0. The van der Waals surface area contributed by atoms with Crippen molar-refractivity contribution < 1.29 is 17.6 Å². The largest absolute Gasteiger partial charge is 0.362 e. The van der Waals surface area contributed by atoms with Gasteiger partial charge in [0.05, 0.1) is 11.1 Å². The number of aromatic nitrogens is 1. The van der Waals surface area contributed by atoms with Crippen LogP contribution in [0.1, 0.15) is 33.6 Å². The minimum Gasteiger partial charge on any atom is -0.362 e. The predicted octanol–water partition coefficient (Wildman–Crippen LogP) is 3.99. The van der Waals surface area contributed by atoms with Gasteiger partial charge >= 0.3 is 0 Å². The maximum atomic E-state index is 13.6. The summed E-state index contributed by atoms with van der Waals surface area (Å²) in [5, 5.41) is 3.78. The molecule has 1 heterocycles. The first-order chi connectivity index (χ1) is 14.4. The van der Waals surface area contributed by atoms with E-state index < -0.39 is 15.8 Å². The highest BCUT2D eigenvalue weighted by molar-refractivity contribution is 7.89. The van der Waals surface area contributed by atoms with E-state index in [1.54, 1.807) is 12.3 Å². The zero-order valence-electron chi connectivity index (χ0n) is 16.4. The van der Waals surface area contributed by atoms with E-state index in [0.717, 1.165) is 11.6 Å². The number of thiazole rings is 1. The molecule has 0 saturated heterocycles. The highest BCUT2D eigenvalue weighted by Gasteiger charge is 2.17. The van der Waals surface area contributed by atoms with Gasteiger partial charge in [-0.3, -0.25) is 4.79 Å². The Labute approximate surface area is 179 Å². The molecule has 3 aromatic rings. The van der Waals surface area contributed by atoms with Crippen LogP contribution >= 0.6 is 11.3 Å². The van der Waals surface area contributed by atoms with Gasteiger partial charge in [0.25, 0.3) is 0 Å². The van der Waals surface area contributed by atoms with Crippen molar-refractivity contribution in [2.75, 3.05) is 18.4 Å². The number of unbranched alkanes of at least 4 members (excludes halogenated alkanes) is 1. The number of sulfonamides is 1. The van der Waals surface area contributed by atoms with Gasteiger partial charge < -0.3 is 5.32 Å². The summed E-state index contributed by atoms with van der Waals surface area (Å²) in [7, 11) is -3.86. The number of halogens is 1. The van der Waals surface area contributed by atoms with E-state index in [1.165, 1.54) is 29.5 Å². The molecule has 2 aromatic carbocycles. The quantitative estimate of drug-likeness (QED) is 0.362. The maximum absolute atomic E-state index is 13.6. The Kier molecular flexibility index (Phi) is 7.30. The Morgan fingerprint density at radius 2 is 1.77 bits per heavy atom. The molecule has 0 aliphatic heterocycles. The number of nitrogens with zero attached hydrogens (tertiary/aromatic N) is 1. The van der Waals surface area contributed by atoms with Gasteiger partial charge in [-0.25, -0.2) is 22.5 Å². The molecule has 30 heavy (non-hydrogen) atoms. The number of carbonyl (C=O) groups excluding carboxylic acids is 1. The Hall–Kier alpha value is -2.62. The lowest BCUT2D eigenvalue weighted by atomic mass is 10.0. The van der Waals surface area contributed by atoms with E-state index >= 15 is 0 Å². The molecule has 158 valence electrons. The van der Waals surface area contributed by atoms with Crippen molar-refractivity contribution in [3.8, 4) is 0 Å². The topological polar surface area (TPSA) is 88.2 Å². The zero-order chi connectivity index (χ0) is 21.6. The molecule has 0 fully saturated rings. The van der Waals surface area contributed by atoms with Crippen molar-refractivity contribution in [1.82, 2.24) is 9.71 Å². The molecule has 1 aromatic heterocycles. The number of benzene rings is 2. The van der Waals surface area contributed by atoms with Gasteiger partial charge in [-0.15, -0.1) is 0 Å². The summed E-state index contributed by atoms with van der Waals surface area (Å²) < 4.78 is 40.3. The van der Waals surface area contributed by atoms with E-state index in [9.17, 15) is 17.6 Å². The predicted molar refractivity (Wildman–Crippen MR) is 116 cm³/mol. The molecule has 0 atom stereocenters. The van der Waals surface area contributed by atoms with Gasteiger partial charge in [-0.1, -0.05) is 47.7 Å². The maximum Gasteiger partial charge on any atom is 0.243 e. The average Bonchev–Trinajstić information content (AvgIpc) is 3.19. The van der Waals surface area contributed by atoms with E-state index in [1.807, 2.05) is 25.1 Å². The molecular weight excluding hydrogens is 425 g/mol. The van der Waals surface area contributed by atoms with Crippen LogP contribution in [-0.2, 0) is 10.0 Å². The third-order valence-corrected chi connectivity index (χ3v) is 6.87. The molecule has 3 rings (SSSR count). The van der Waals surface area contributed by atoms with Gasteiger partial charge in [0, 0.05) is 18.7 Å². The molecule has 0 radical (unpaired) electrons. The molecule has 0 saturated carbocycles. The summed E-state index contributed by atoms with van der Waals surface area (Å²) in [5.74, 6) is -0.826. The number of ketones is 1. The summed E-state index contributed by atoms with van der Waals surface area (Å²) in [4.78, 5) is 17.0. The van der Waals surface area contributed by atoms with Gasteiger partial charge in [0.1, 0.15) is 10.7 Å². The normalized spacial score (nSPS) is 11.4. The number of hydrogen-bond acceptors (Lipinski definition) is 6. The van der Waals surface area contributed by atoms with E-state index in [-0.39, 0.29) is 17.2 Å². The number of nitrogens with one attached hydrogen (secondary N) is 2. The van der Waals surface area contributed by atoms with Crippen LogP contribution in [0.15, 0.2) is 59.6 Å². The van der Waals surface area contributed by atoms with Crippen LogP contribution in [0.4, 0.5) is 9.52 Å². The van der Waals surface area contributed by atoms with Crippen molar-refractivity contribution >= 4 is 32.3 Å². The molecular formula is C21H22FN3O3S2. The van der Waals surface area contributed by atoms with Gasteiger partial charge in [-0.2, -0.15) is 0 Å². The second-order valence-electron chi connectivity index (χ2n) is 6.64. The SMILES string of the molecule is Cc1ccccc1C(=O)c1cnc(NCCCCNS(=O)(=O)c2ccccc2F)s1. The third-order valence-electron chi connectivity index (χ3n) is 4.42. The van der Waals surface area contributed by atoms with Crippen molar-refractivity contribution in [1.29, 1.82) is 0 Å². The monoisotopic (exact) mass is 447 g/mol. The number of aryl methyl sites for hydroxylation is 1. The fourth-order valence-electron chi connectivity index (χ4n) is 2.81. The lowest BCUT2D eigenvalue weighted by Gasteiger charge is -2.07. The van der Waals surface area contributed by atoms with Crippen molar-refractivity contribution in [2.45, 2.75) is 24.7 Å². The summed E-state index contributed by atoms with van der Waals surface area (Å²) in [6.45, 7) is 2.67. The van der Waals surface area contributed by atoms with Crippen LogP contribution in [0.25, 0.3) is 0 Å². The fraction of sp³-hybridized carbons (Fsp3) is 0.238. The molecule has 6 nitrogen and oxygen atoms in total. The summed E-state index contributed by atoms with van der Waals surface area (Å²) in [6, 6.07) is 12.7. The van der Waals surface area contributed by atoms with Crippen molar-refractivity contribution in [3.63, 3.8) is 0 Å². The average molecular weight is 448 g/mol. The summed E-state index contributed by atoms with van der Waals surface area (Å²) in [6.07, 6.45) is 2.81. The lowest BCUT2D eigenvalue weighted by molar-refractivity contribution is 0.104. The molecule has 0 aliphatic carbocycles. The van der Waals surface area contributed by atoms with Crippen LogP contribution in [0.5, 0.6) is 0 Å². The molecule has 0 bridgehead atoms. The van der Waals surface area contributed by atoms with E-state index in [4.69, 9.17) is 0 Å². The highest BCUT2D eigenvalue weighted by atomic mass is 32.2. The van der Waals surface area contributed by atoms with Crippen LogP contribution in [-0.4, -0.2) is 32.3 Å². The first-order valence-electron chi connectivity index (χ1n) is 9.43. The third kappa shape index (κ3) is 5.50. The minimum atomic E-state index is -3.86. The Morgan fingerprint density at radius 3 is 2.53 bits per heavy atom. The van der Waals surface area contributed by atoms with Crippen LogP contribution in [0.3, 0.4) is 0 Å². The van der Waals surface area contributed by atoms with Crippen LogP contribution in [0.2, 0.25) is 0 Å². The molecule has 0 unspecified atom stereocenters. The number of anilines is 1. The number of hydrogen-bond donors (Lipinski definition) is 2. The molecule has 2 N–H and O–H groups in total. The highest BCUT2D eigenvalue weighted by Crippen LogP contribution is 2.22. The van der Waals surface area contributed by atoms with Gasteiger partial charge in [0.2, 0.25) is 15.8 Å². The van der Waals surface area contributed by atoms with Crippen LogP contribution in [0, 0.1) is 12.7 Å². The standard InChI is InChI=1S/C21H22FN3O3S2/c1-15-8-2-3-9-16(15)20(26)18-14-24-21(29-18)23-12-6-7-13-25-30(27,28)19-11-5-4-10-17(19)22/h2-5,8-11,14,25H,6-7,12-13H2,1H3,(H,23,24). The summed E-state index contributed by atoms with van der Waals surface area (Å²) in [5.41, 5.74) is 1.58.